The summed E-state index contributed by atoms with van der Waals surface area (Å²) in [5, 5.41) is 5.45. The lowest BCUT2D eigenvalue weighted by Gasteiger charge is -2.23. The van der Waals surface area contributed by atoms with Crippen LogP contribution in [0.15, 0.2) is 0 Å². The lowest BCUT2D eigenvalue weighted by atomic mass is 10.1. The highest BCUT2D eigenvalue weighted by Gasteiger charge is 2.21. The molecule has 10 nitrogen and oxygen atoms in total. The van der Waals surface area contributed by atoms with Crippen LogP contribution in [0.2, 0.25) is 0 Å². The Morgan fingerprint density at radius 3 is 1.27 bits per heavy atom. The number of hydrogen-bond donors (Lipinski definition) is 2. The van der Waals surface area contributed by atoms with E-state index in [0.717, 1.165) is 0 Å². The number of hydrogen-bond acceptors (Lipinski definition) is 8. The molecule has 2 atom stereocenters. The van der Waals surface area contributed by atoms with Gasteiger partial charge in [-0.2, -0.15) is 0 Å². The van der Waals surface area contributed by atoms with Crippen LogP contribution in [0.25, 0.3) is 0 Å². The van der Waals surface area contributed by atoms with Crippen LogP contribution < -0.4 is 10.6 Å². The van der Waals surface area contributed by atoms with Gasteiger partial charge < -0.3 is 29.6 Å². The fourth-order valence-corrected chi connectivity index (χ4v) is 2.56. The highest BCUT2D eigenvalue weighted by Crippen LogP contribution is 2.09. The van der Waals surface area contributed by atoms with Crippen molar-refractivity contribution in [3.05, 3.63) is 0 Å². The van der Waals surface area contributed by atoms with E-state index in [4.69, 9.17) is 18.9 Å². The first-order valence-electron chi connectivity index (χ1n) is 11.5. The molecule has 0 aromatic carbocycles. The van der Waals surface area contributed by atoms with E-state index in [2.05, 4.69) is 10.6 Å². The highest BCUT2D eigenvalue weighted by molar-refractivity contribution is 5.91. The van der Waals surface area contributed by atoms with Crippen LogP contribution in [0.3, 0.4) is 0 Å². The predicted molar refractivity (Wildman–Crippen MR) is 123 cm³/mol. The average molecular weight is 475 g/mol. The van der Waals surface area contributed by atoms with Crippen LogP contribution in [0, 0.1) is 0 Å². The van der Waals surface area contributed by atoms with Gasteiger partial charge in [-0.05, 0) is 54.4 Å². The van der Waals surface area contributed by atoms with E-state index in [9.17, 15) is 19.2 Å². The zero-order valence-electron chi connectivity index (χ0n) is 21.4. The van der Waals surface area contributed by atoms with Crippen molar-refractivity contribution in [2.45, 2.75) is 111 Å². The number of carbonyl (C=O) groups excluding carboxylic acids is 4. The molecule has 33 heavy (non-hydrogen) atoms. The summed E-state index contributed by atoms with van der Waals surface area (Å²) in [7, 11) is 0. The van der Waals surface area contributed by atoms with Crippen molar-refractivity contribution >= 4 is 24.1 Å². The van der Waals surface area contributed by atoms with E-state index in [-0.39, 0.29) is 25.3 Å². The van der Waals surface area contributed by atoms with E-state index in [1.807, 2.05) is 13.8 Å². The molecule has 0 aliphatic carbocycles. The molecule has 0 rings (SSSR count). The molecule has 0 bridgehead atoms. The van der Waals surface area contributed by atoms with Gasteiger partial charge >= 0.3 is 24.1 Å². The van der Waals surface area contributed by atoms with Crippen molar-refractivity contribution in [3.63, 3.8) is 0 Å². The molecule has 2 amide bonds. The molecular weight excluding hydrogens is 432 g/mol. The molecule has 0 spiro atoms. The molecule has 0 saturated carbocycles. The number of carbonyl (C=O) groups is 4. The molecular formula is C23H42N2O8. The third-order valence-electron chi connectivity index (χ3n) is 4.17. The zero-order chi connectivity index (χ0) is 25.7. The van der Waals surface area contributed by atoms with Gasteiger partial charge in [0.15, 0.2) is 0 Å². The molecule has 0 aromatic rings. The monoisotopic (exact) mass is 474 g/mol. The minimum absolute atomic E-state index is 0.0537. The summed E-state index contributed by atoms with van der Waals surface area (Å²) in [5.41, 5.74) is -1.20. The molecule has 0 radical (unpaired) electrons. The minimum atomic E-state index is -0.703. The molecule has 10 heteroatoms. The van der Waals surface area contributed by atoms with Gasteiger partial charge in [-0.25, -0.2) is 9.59 Å². The Morgan fingerprint density at radius 2 is 1.00 bits per heavy atom. The van der Waals surface area contributed by atoms with Gasteiger partial charge in [0.05, 0.1) is 13.2 Å². The van der Waals surface area contributed by atoms with Crippen LogP contribution in [0.5, 0.6) is 0 Å². The van der Waals surface area contributed by atoms with Crippen molar-refractivity contribution in [3.8, 4) is 0 Å². The first-order valence-corrected chi connectivity index (χ1v) is 11.5. The largest absolute Gasteiger partial charge is 0.465 e. The van der Waals surface area contributed by atoms with E-state index in [0.29, 0.717) is 25.7 Å². The minimum Gasteiger partial charge on any atom is -0.465 e. The van der Waals surface area contributed by atoms with E-state index >= 15 is 0 Å². The SMILES string of the molecule is CCC(CCOC(=O)CC(=O)OCCC(CC)NC(=O)OC(C)(C)C)NC(=O)OC(C)(C)C. The molecule has 2 unspecified atom stereocenters. The van der Waals surface area contributed by atoms with Gasteiger partial charge in [-0.15, -0.1) is 0 Å². The Labute approximate surface area is 197 Å². The normalized spacial score (nSPS) is 13.3. The summed E-state index contributed by atoms with van der Waals surface area (Å²) >= 11 is 0. The second-order valence-corrected chi connectivity index (χ2v) is 9.70. The van der Waals surface area contributed by atoms with Crippen molar-refractivity contribution in [2.75, 3.05) is 13.2 Å². The van der Waals surface area contributed by atoms with Gasteiger partial charge in [-0.3, -0.25) is 9.59 Å². The molecule has 0 saturated heterocycles. The van der Waals surface area contributed by atoms with Crippen LogP contribution in [0.1, 0.15) is 87.5 Å². The van der Waals surface area contributed by atoms with Gasteiger partial charge in [0.2, 0.25) is 0 Å². The average Bonchev–Trinajstić information content (AvgIpc) is 2.63. The lowest BCUT2D eigenvalue weighted by Crippen LogP contribution is -2.39. The maximum atomic E-state index is 11.9. The van der Waals surface area contributed by atoms with Crippen LogP contribution >= 0.6 is 0 Å². The number of rotatable bonds is 12. The Balaban J connectivity index is 4.17. The fraction of sp³-hybridized carbons (Fsp3) is 0.826. The number of amides is 2. The summed E-state index contributed by atoms with van der Waals surface area (Å²) in [6.45, 7) is 14.5. The first-order chi connectivity index (χ1) is 15.1. The Hall–Kier alpha value is -2.52. The number of nitrogens with one attached hydrogen (secondary N) is 2. The summed E-state index contributed by atoms with van der Waals surface area (Å²) in [5.74, 6) is -1.41. The standard InChI is InChI=1S/C23H42N2O8/c1-9-16(24-20(28)32-22(3,4)5)11-13-30-18(26)15-19(27)31-14-12-17(10-2)25-21(29)33-23(6,7)8/h16-17H,9-15H2,1-8H3,(H,24,28)(H,25,29). The van der Waals surface area contributed by atoms with Crippen LogP contribution in [-0.4, -0.2) is 60.6 Å². The molecule has 0 heterocycles. The Bertz CT molecular complexity index is 583. The molecule has 0 aliphatic heterocycles. The summed E-state index contributed by atoms with van der Waals surface area (Å²) in [6.07, 6.45) is 0.484. The second kappa shape index (κ2) is 14.6. The maximum absolute atomic E-state index is 11.9. The van der Waals surface area contributed by atoms with E-state index < -0.39 is 41.7 Å². The fourth-order valence-electron chi connectivity index (χ4n) is 2.56. The van der Waals surface area contributed by atoms with Crippen LogP contribution in [-0.2, 0) is 28.5 Å². The number of alkyl carbamates (subject to hydrolysis) is 2. The van der Waals surface area contributed by atoms with Crippen molar-refractivity contribution in [1.29, 1.82) is 0 Å². The van der Waals surface area contributed by atoms with E-state index in [1.54, 1.807) is 41.5 Å². The first kappa shape index (κ1) is 30.5. The zero-order valence-corrected chi connectivity index (χ0v) is 21.4. The molecule has 0 aliphatic rings. The Morgan fingerprint density at radius 1 is 0.667 bits per heavy atom. The van der Waals surface area contributed by atoms with Crippen molar-refractivity contribution in [2.24, 2.45) is 0 Å². The lowest BCUT2D eigenvalue weighted by molar-refractivity contribution is -0.154. The van der Waals surface area contributed by atoms with E-state index in [1.165, 1.54) is 0 Å². The van der Waals surface area contributed by atoms with Gasteiger partial charge in [0.1, 0.15) is 17.6 Å². The quantitative estimate of drug-likeness (QED) is 0.248. The molecule has 2 N–H and O–H groups in total. The van der Waals surface area contributed by atoms with Crippen LogP contribution in [0.4, 0.5) is 9.59 Å². The van der Waals surface area contributed by atoms with Gasteiger partial charge in [0.25, 0.3) is 0 Å². The second-order valence-electron chi connectivity index (χ2n) is 9.70. The number of ether oxygens (including phenoxy) is 4. The molecule has 0 aromatic heterocycles. The van der Waals surface area contributed by atoms with Gasteiger partial charge in [-0.1, -0.05) is 13.8 Å². The summed E-state index contributed by atoms with van der Waals surface area (Å²) < 4.78 is 20.6. The van der Waals surface area contributed by atoms with Gasteiger partial charge in [0, 0.05) is 24.9 Å². The third kappa shape index (κ3) is 17.7. The molecule has 192 valence electrons. The topological polar surface area (TPSA) is 129 Å². The predicted octanol–water partition coefficient (Wildman–Crippen LogP) is 3.85. The highest BCUT2D eigenvalue weighted by atomic mass is 16.6. The number of esters is 2. The van der Waals surface area contributed by atoms with Crippen molar-refractivity contribution in [1.82, 2.24) is 10.6 Å². The summed E-state index contributed by atoms with van der Waals surface area (Å²) in [4.78, 5) is 47.4. The third-order valence-corrected chi connectivity index (χ3v) is 4.17. The maximum Gasteiger partial charge on any atom is 0.407 e. The summed E-state index contributed by atoms with van der Waals surface area (Å²) in [6, 6.07) is -0.439. The smallest absolute Gasteiger partial charge is 0.407 e. The Kier molecular flexibility index (Phi) is 13.5. The molecule has 0 fully saturated rings. The van der Waals surface area contributed by atoms with Crippen molar-refractivity contribution < 1.29 is 38.1 Å².